The van der Waals surface area contributed by atoms with Crippen LogP contribution in [0.25, 0.3) is 16.9 Å². The van der Waals surface area contributed by atoms with E-state index in [2.05, 4.69) is 20.1 Å². The Balaban J connectivity index is 1.53. The van der Waals surface area contributed by atoms with E-state index in [0.29, 0.717) is 29.1 Å². The Morgan fingerprint density at radius 2 is 1.82 bits per heavy atom. The van der Waals surface area contributed by atoms with E-state index in [1.165, 1.54) is 36.3 Å². The standard InChI is InChI=1S/C24H23N5O4/c30-24(31)33-19-14-25-29(15-19)23-27-21-13-18(32-17-9-5-2-6-10-17)11-12-20(21)22(28-23)26-16-7-3-1-4-8-16/h2,5-6,9-16H,1,3-4,7-8H2,(H,30,31)(H,26,27,28). The van der Waals surface area contributed by atoms with Gasteiger partial charge in [-0.2, -0.15) is 10.1 Å². The highest BCUT2D eigenvalue weighted by molar-refractivity contribution is 5.90. The number of hydrogen-bond donors (Lipinski definition) is 2. The third kappa shape index (κ3) is 4.87. The highest BCUT2D eigenvalue weighted by Gasteiger charge is 2.18. The molecule has 0 saturated heterocycles. The maximum absolute atomic E-state index is 10.8. The van der Waals surface area contributed by atoms with Crippen LogP contribution in [0.4, 0.5) is 10.6 Å². The van der Waals surface area contributed by atoms with Crippen molar-refractivity contribution in [2.75, 3.05) is 5.32 Å². The summed E-state index contributed by atoms with van der Waals surface area (Å²) in [6.07, 6.45) is 7.16. The minimum absolute atomic E-state index is 0.0918. The zero-order valence-corrected chi connectivity index (χ0v) is 17.8. The van der Waals surface area contributed by atoms with Gasteiger partial charge in [-0.05, 0) is 37.1 Å². The van der Waals surface area contributed by atoms with Gasteiger partial charge >= 0.3 is 6.16 Å². The normalized spacial score (nSPS) is 14.2. The summed E-state index contributed by atoms with van der Waals surface area (Å²) in [6.45, 7) is 0. The van der Waals surface area contributed by atoms with E-state index in [9.17, 15) is 4.79 Å². The third-order valence-electron chi connectivity index (χ3n) is 5.55. The average molecular weight is 445 g/mol. The number of nitrogens with zero attached hydrogens (tertiary/aromatic N) is 4. The average Bonchev–Trinajstić information content (AvgIpc) is 3.28. The molecule has 2 heterocycles. The number of nitrogens with one attached hydrogen (secondary N) is 1. The van der Waals surface area contributed by atoms with E-state index in [0.717, 1.165) is 24.0 Å². The van der Waals surface area contributed by atoms with Gasteiger partial charge in [0, 0.05) is 17.5 Å². The summed E-state index contributed by atoms with van der Waals surface area (Å²) in [6, 6.07) is 15.6. The van der Waals surface area contributed by atoms with Gasteiger partial charge in [0.1, 0.15) is 17.3 Å². The molecule has 1 fully saturated rings. The van der Waals surface area contributed by atoms with Crippen molar-refractivity contribution in [1.82, 2.24) is 19.7 Å². The fraction of sp³-hybridized carbons (Fsp3) is 0.250. The summed E-state index contributed by atoms with van der Waals surface area (Å²) in [7, 11) is 0. The minimum atomic E-state index is -1.41. The molecule has 2 aromatic carbocycles. The van der Waals surface area contributed by atoms with Gasteiger partial charge in [0.15, 0.2) is 5.75 Å². The summed E-state index contributed by atoms with van der Waals surface area (Å²) in [5.74, 6) is 2.49. The molecule has 168 valence electrons. The van der Waals surface area contributed by atoms with Gasteiger partial charge in [0.2, 0.25) is 0 Å². The zero-order valence-electron chi connectivity index (χ0n) is 17.8. The van der Waals surface area contributed by atoms with Crippen LogP contribution in [0.1, 0.15) is 32.1 Å². The van der Waals surface area contributed by atoms with Gasteiger partial charge in [-0.25, -0.2) is 14.5 Å². The smallest absolute Gasteiger partial charge is 0.457 e. The molecule has 9 heteroatoms. The number of aromatic nitrogens is 4. The molecule has 0 radical (unpaired) electrons. The molecule has 9 nitrogen and oxygen atoms in total. The van der Waals surface area contributed by atoms with Gasteiger partial charge in [-0.3, -0.25) is 0 Å². The first-order chi connectivity index (χ1) is 16.1. The van der Waals surface area contributed by atoms with Crippen LogP contribution < -0.4 is 14.8 Å². The molecule has 0 bridgehead atoms. The van der Waals surface area contributed by atoms with Gasteiger partial charge < -0.3 is 19.9 Å². The lowest BCUT2D eigenvalue weighted by molar-refractivity contribution is 0.144. The number of hydrogen-bond acceptors (Lipinski definition) is 7. The van der Waals surface area contributed by atoms with Crippen molar-refractivity contribution in [3.05, 3.63) is 60.9 Å². The molecule has 1 aliphatic carbocycles. The van der Waals surface area contributed by atoms with E-state index in [1.807, 2.05) is 48.5 Å². The molecular formula is C24H23N5O4. The van der Waals surface area contributed by atoms with Crippen molar-refractivity contribution >= 4 is 22.9 Å². The summed E-state index contributed by atoms with van der Waals surface area (Å²) in [4.78, 5) is 20.2. The molecule has 1 aliphatic rings. The van der Waals surface area contributed by atoms with E-state index in [1.54, 1.807) is 0 Å². The first-order valence-electron chi connectivity index (χ1n) is 10.9. The second kappa shape index (κ2) is 9.15. The topological polar surface area (TPSA) is 111 Å². The number of rotatable bonds is 6. The van der Waals surface area contributed by atoms with Crippen LogP contribution in [0.15, 0.2) is 60.9 Å². The Morgan fingerprint density at radius 1 is 1.00 bits per heavy atom. The lowest BCUT2D eigenvalue weighted by atomic mass is 9.95. The number of ether oxygens (including phenoxy) is 2. The summed E-state index contributed by atoms with van der Waals surface area (Å²) in [5, 5.41) is 17.5. The van der Waals surface area contributed by atoms with E-state index < -0.39 is 6.16 Å². The highest BCUT2D eigenvalue weighted by atomic mass is 16.7. The lowest BCUT2D eigenvalue weighted by Crippen LogP contribution is -2.23. The number of carboxylic acid groups (broad SMARTS) is 1. The van der Waals surface area contributed by atoms with Crippen molar-refractivity contribution in [3.63, 3.8) is 0 Å². The first-order valence-corrected chi connectivity index (χ1v) is 10.9. The predicted molar refractivity (Wildman–Crippen MR) is 122 cm³/mol. The molecule has 0 atom stereocenters. The lowest BCUT2D eigenvalue weighted by Gasteiger charge is -2.24. The van der Waals surface area contributed by atoms with Crippen LogP contribution >= 0.6 is 0 Å². The Labute approximate surface area is 190 Å². The Hall–Kier alpha value is -4.14. The van der Waals surface area contributed by atoms with Crippen molar-refractivity contribution in [3.8, 4) is 23.2 Å². The molecule has 0 spiro atoms. The molecule has 0 unspecified atom stereocenters. The molecule has 2 N–H and O–H groups in total. The molecule has 0 aliphatic heterocycles. The SMILES string of the molecule is O=C(O)Oc1cnn(-c2nc(NC3CCCCC3)c3ccc(Oc4ccccc4)cc3n2)c1. The van der Waals surface area contributed by atoms with Crippen molar-refractivity contribution in [2.24, 2.45) is 0 Å². The summed E-state index contributed by atoms with van der Waals surface area (Å²) in [5.41, 5.74) is 0.683. The molecule has 2 aromatic heterocycles. The fourth-order valence-electron chi connectivity index (χ4n) is 4.01. The first kappa shape index (κ1) is 20.7. The molecule has 1 saturated carbocycles. The Morgan fingerprint density at radius 3 is 2.61 bits per heavy atom. The minimum Gasteiger partial charge on any atom is -0.457 e. The van der Waals surface area contributed by atoms with Crippen LogP contribution in [0.2, 0.25) is 0 Å². The zero-order chi connectivity index (χ0) is 22.6. The number of fused-ring (bicyclic) bond motifs is 1. The molecule has 5 rings (SSSR count). The maximum atomic E-state index is 10.8. The third-order valence-corrected chi connectivity index (χ3v) is 5.55. The van der Waals surface area contributed by atoms with Crippen molar-refractivity contribution in [1.29, 1.82) is 0 Å². The second-order valence-electron chi connectivity index (χ2n) is 7.93. The summed E-state index contributed by atoms with van der Waals surface area (Å²) >= 11 is 0. The van der Waals surface area contributed by atoms with Crippen LogP contribution in [0, 0.1) is 0 Å². The van der Waals surface area contributed by atoms with Crippen LogP contribution in [0.3, 0.4) is 0 Å². The van der Waals surface area contributed by atoms with Crippen molar-refractivity contribution in [2.45, 2.75) is 38.1 Å². The number of benzene rings is 2. The maximum Gasteiger partial charge on any atom is 0.511 e. The van der Waals surface area contributed by atoms with Crippen LogP contribution in [-0.4, -0.2) is 37.1 Å². The van der Waals surface area contributed by atoms with Gasteiger partial charge in [-0.15, -0.1) is 0 Å². The second-order valence-corrected chi connectivity index (χ2v) is 7.93. The van der Waals surface area contributed by atoms with E-state index in [-0.39, 0.29) is 5.75 Å². The summed E-state index contributed by atoms with van der Waals surface area (Å²) < 4.78 is 12.1. The van der Waals surface area contributed by atoms with Crippen LogP contribution in [0.5, 0.6) is 17.2 Å². The van der Waals surface area contributed by atoms with E-state index >= 15 is 0 Å². The van der Waals surface area contributed by atoms with Gasteiger partial charge in [0.25, 0.3) is 5.95 Å². The molecule has 0 amide bonds. The largest absolute Gasteiger partial charge is 0.511 e. The molecule has 33 heavy (non-hydrogen) atoms. The predicted octanol–water partition coefficient (Wildman–Crippen LogP) is 5.41. The number of para-hydroxylation sites is 1. The quantitative estimate of drug-likeness (QED) is 0.379. The van der Waals surface area contributed by atoms with Gasteiger partial charge in [0.05, 0.1) is 17.9 Å². The highest BCUT2D eigenvalue weighted by Crippen LogP contribution is 2.30. The monoisotopic (exact) mass is 445 g/mol. The van der Waals surface area contributed by atoms with Crippen LogP contribution in [-0.2, 0) is 0 Å². The van der Waals surface area contributed by atoms with E-state index in [4.69, 9.17) is 14.8 Å². The van der Waals surface area contributed by atoms with Crippen molar-refractivity contribution < 1.29 is 19.4 Å². The number of anilines is 1. The Kier molecular flexibility index (Phi) is 5.75. The Bertz CT molecular complexity index is 1270. The number of carbonyl (C=O) groups is 1. The molecular weight excluding hydrogens is 422 g/mol. The fourth-order valence-corrected chi connectivity index (χ4v) is 4.01. The van der Waals surface area contributed by atoms with Gasteiger partial charge in [-0.1, -0.05) is 37.5 Å². The molecule has 4 aromatic rings.